The summed E-state index contributed by atoms with van der Waals surface area (Å²) in [4.78, 5) is 0. The summed E-state index contributed by atoms with van der Waals surface area (Å²) < 4.78 is 63.7. The number of nitrogens with zero attached hydrogens (tertiary/aromatic N) is 1. The lowest BCUT2D eigenvalue weighted by Crippen LogP contribution is -2.24. The number of benzene rings is 2. The van der Waals surface area contributed by atoms with E-state index < -0.39 is 22.9 Å². The zero-order valence-corrected chi connectivity index (χ0v) is 12.4. The average molecular weight is 341 g/mol. The molecule has 0 saturated heterocycles. The molecule has 2 aromatic carbocycles. The molecule has 1 aliphatic rings. The van der Waals surface area contributed by atoms with Crippen molar-refractivity contribution in [2.45, 2.75) is 12.6 Å². The first-order chi connectivity index (χ1) is 10.9. The highest BCUT2D eigenvalue weighted by Crippen LogP contribution is 2.37. The van der Waals surface area contributed by atoms with Gasteiger partial charge in [0.25, 0.3) is 0 Å². The third kappa shape index (κ3) is 3.07. The smallest absolute Gasteiger partial charge is 0.270 e. The minimum absolute atomic E-state index is 0.235. The minimum Gasteiger partial charge on any atom is -0.270 e. The van der Waals surface area contributed by atoms with Gasteiger partial charge in [-0.05, 0) is 34.7 Å². The first-order valence-corrected chi connectivity index (χ1v) is 7.64. The average Bonchev–Trinajstić information content (AvgIpc) is 2.83. The summed E-state index contributed by atoms with van der Waals surface area (Å²) in [5.74, 6) is 0. The zero-order chi connectivity index (χ0) is 16.6. The Labute approximate surface area is 131 Å². The lowest BCUT2D eigenvalue weighted by molar-refractivity contribution is -0.0596. The first-order valence-electron chi connectivity index (χ1n) is 6.54. The molecule has 3 rings (SSSR count). The molecule has 0 heterocycles. The predicted molar refractivity (Wildman–Crippen MR) is 78.7 cm³/mol. The number of fused-ring (bicyclic) bond motifs is 3. The van der Waals surface area contributed by atoms with Crippen LogP contribution in [0.1, 0.15) is 16.7 Å². The van der Waals surface area contributed by atoms with Crippen LogP contribution in [0.2, 0.25) is 0 Å². The lowest BCUT2D eigenvalue weighted by Gasteiger charge is -2.10. The van der Waals surface area contributed by atoms with Crippen LogP contribution in [0.4, 0.5) is 13.2 Å². The van der Waals surface area contributed by atoms with Gasteiger partial charge in [0.05, 0.1) is 0 Å². The Kier molecular flexibility index (Phi) is 3.85. The predicted octanol–water partition coefficient (Wildman–Crippen LogP) is 3.07. The summed E-state index contributed by atoms with van der Waals surface area (Å²) in [5.41, 5.74) is 1.99. The van der Waals surface area contributed by atoms with E-state index in [1.54, 1.807) is 6.07 Å². The Balaban J connectivity index is 2.04. The molecule has 0 aliphatic heterocycles. The topological polar surface area (TPSA) is 55.7 Å². The van der Waals surface area contributed by atoms with Crippen LogP contribution in [0.3, 0.4) is 0 Å². The van der Waals surface area contributed by atoms with E-state index in [1.165, 1.54) is 12.1 Å². The Morgan fingerprint density at radius 2 is 1.74 bits per heavy atom. The zero-order valence-electron chi connectivity index (χ0n) is 11.5. The Hall–Kier alpha value is -2.35. The highest BCUT2D eigenvalue weighted by atomic mass is 32.2. The van der Waals surface area contributed by atoms with Crippen LogP contribution in [0, 0.1) is 0 Å². The van der Waals surface area contributed by atoms with Crippen LogP contribution in [0.25, 0.3) is 11.1 Å². The van der Waals surface area contributed by atoms with Gasteiger partial charge in [-0.15, -0.1) is 0 Å². The van der Waals surface area contributed by atoms with Crippen molar-refractivity contribution >= 4 is 16.7 Å². The molecule has 1 aliphatic carbocycles. The summed E-state index contributed by atoms with van der Waals surface area (Å²) in [6, 6.07) is 11.8. The van der Waals surface area contributed by atoms with Crippen LogP contribution in [0.15, 0.2) is 47.6 Å². The molecule has 0 bridgehead atoms. The van der Waals surface area contributed by atoms with Crippen LogP contribution in [-0.2, 0) is 21.7 Å². The maximum atomic E-state index is 13.1. The molecule has 23 heavy (non-hydrogen) atoms. The molecule has 0 radical (unpaired) electrons. The summed E-state index contributed by atoms with van der Waals surface area (Å²) >= 11 is 0. The van der Waals surface area contributed by atoms with Gasteiger partial charge in [0.2, 0.25) is 0 Å². The molecule has 0 atom stereocenters. The summed E-state index contributed by atoms with van der Waals surface area (Å²) in [7, 11) is -3.50. The highest BCUT2D eigenvalue weighted by Gasteiger charge is 2.38. The van der Waals surface area contributed by atoms with Crippen LogP contribution < -0.4 is 0 Å². The number of hydrogen-bond acceptors (Lipinski definition) is 4. The molecule has 4 nitrogen and oxygen atoms in total. The molecule has 2 aromatic rings. The van der Waals surface area contributed by atoms with Gasteiger partial charge in [0, 0.05) is 5.56 Å². The molecule has 0 aromatic heterocycles. The Morgan fingerprint density at radius 3 is 2.43 bits per heavy atom. The monoisotopic (exact) mass is 341 g/mol. The quantitative estimate of drug-likeness (QED) is 0.453. The van der Waals surface area contributed by atoms with Crippen molar-refractivity contribution in [1.82, 2.24) is 0 Å². The molecular formula is C15H10F3NO3S. The van der Waals surface area contributed by atoms with Crippen LogP contribution >= 0.6 is 0 Å². The molecule has 120 valence electrons. The van der Waals surface area contributed by atoms with Crippen molar-refractivity contribution in [1.29, 1.82) is 0 Å². The summed E-state index contributed by atoms with van der Waals surface area (Å²) in [5, 5.41) is 2.73. The van der Waals surface area contributed by atoms with E-state index in [9.17, 15) is 21.6 Å². The lowest BCUT2D eigenvalue weighted by atomic mass is 10.0. The summed E-state index contributed by atoms with van der Waals surface area (Å²) in [6.07, 6.45) is -4.31. The Bertz CT molecular complexity index is 865. The fourth-order valence-corrected chi connectivity index (χ4v) is 2.78. The van der Waals surface area contributed by atoms with Gasteiger partial charge in [0.15, 0.2) is 5.71 Å². The second kappa shape index (κ2) is 5.69. The van der Waals surface area contributed by atoms with Crippen molar-refractivity contribution < 1.29 is 25.9 Å². The SMILES string of the molecule is O=[SH](=O)ON=C(c1ccc2c(c1)Cc1ccccc1-2)C(F)(F)F. The first kappa shape index (κ1) is 15.5. The van der Waals surface area contributed by atoms with Crippen molar-refractivity contribution in [3.63, 3.8) is 0 Å². The summed E-state index contributed by atoms with van der Waals surface area (Å²) in [6.45, 7) is 0. The van der Waals surface area contributed by atoms with Gasteiger partial charge in [-0.3, -0.25) is 4.28 Å². The van der Waals surface area contributed by atoms with Crippen molar-refractivity contribution in [3.8, 4) is 11.1 Å². The number of oxime groups is 1. The molecule has 0 unspecified atom stereocenters. The number of halogens is 3. The second-order valence-corrected chi connectivity index (χ2v) is 5.56. The highest BCUT2D eigenvalue weighted by molar-refractivity contribution is 7.67. The van der Waals surface area contributed by atoms with Gasteiger partial charge in [-0.2, -0.15) is 21.6 Å². The standard InChI is InChI=1S/C15H10F3NO3S/c16-15(17,18)14(19-22-23(20)21)10-5-6-13-11(8-10)7-9-3-1-2-4-12(9)13/h1-6,8,23H,7H2. The van der Waals surface area contributed by atoms with E-state index >= 15 is 0 Å². The number of hydrogen-bond donors (Lipinski definition) is 1. The van der Waals surface area contributed by atoms with Crippen molar-refractivity contribution in [2.24, 2.45) is 5.16 Å². The van der Waals surface area contributed by atoms with E-state index in [0.717, 1.165) is 22.3 Å². The van der Waals surface area contributed by atoms with Gasteiger partial charge in [-0.1, -0.05) is 41.6 Å². The molecule has 0 spiro atoms. The van der Waals surface area contributed by atoms with E-state index in [-0.39, 0.29) is 5.56 Å². The molecule has 8 heteroatoms. The largest absolute Gasteiger partial charge is 0.437 e. The fourth-order valence-electron chi connectivity index (χ4n) is 2.63. The fraction of sp³-hybridized carbons (Fsp3) is 0.133. The van der Waals surface area contributed by atoms with Gasteiger partial charge in [0.1, 0.15) is 0 Å². The maximum Gasteiger partial charge on any atom is 0.437 e. The van der Waals surface area contributed by atoms with Crippen molar-refractivity contribution in [3.05, 3.63) is 59.2 Å². The number of rotatable bonds is 3. The molecule has 0 saturated carbocycles. The van der Waals surface area contributed by atoms with E-state index in [2.05, 4.69) is 9.44 Å². The third-order valence-corrected chi connectivity index (χ3v) is 3.75. The van der Waals surface area contributed by atoms with Gasteiger partial charge < -0.3 is 0 Å². The van der Waals surface area contributed by atoms with Crippen LogP contribution in [0.5, 0.6) is 0 Å². The van der Waals surface area contributed by atoms with Crippen molar-refractivity contribution in [2.75, 3.05) is 0 Å². The maximum absolute atomic E-state index is 13.1. The van der Waals surface area contributed by atoms with Gasteiger partial charge in [-0.25, -0.2) is 0 Å². The molecule has 0 amide bonds. The Morgan fingerprint density at radius 1 is 1.04 bits per heavy atom. The third-order valence-electron chi connectivity index (χ3n) is 3.53. The van der Waals surface area contributed by atoms with Gasteiger partial charge >= 0.3 is 17.2 Å². The normalized spacial score (nSPS) is 13.8. The molecular weight excluding hydrogens is 331 g/mol. The number of alkyl halides is 3. The van der Waals surface area contributed by atoms with E-state index in [0.29, 0.717) is 6.42 Å². The molecule has 0 fully saturated rings. The van der Waals surface area contributed by atoms with E-state index in [1.807, 2.05) is 24.3 Å². The second-order valence-electron chi connectivity index (χ2n) is 4.95. The van der Waals surface area contributed by atoms with E-state index in [4.69, 9.17) is 0 Å². The minimum atomic E-state index is -4.83. The molecule has 0 N–H and O–H groups in total. The van der Waals surface area contributed by atoms with Crippen LogP contribution in [-0.4, -0.2) is 20.3 Å². The number of thiol groups is 1.